The highest BCUT2D eigenvalue weighted by Gasteiger charge is 2.23. The lowest BCUT2D eigenvalue weighted by Gasteiger charge is -2.20. The van der Waals surface area contributed by atoms with E-state index in [-0.39, 0.29) is 11.4 Å². The van der Waals surface area contributed by atoms with Crippen molar-refractivity contribution in [1.29, 1.82) is 0 Å². The lowest BCUT2D eigenvalue weighted by atomic mass is 10.0. The van der Waals surface area contributed by atoms with Crippen LogP contribution in [-0.2, 0) is 16.1 Å². The van der Waals surface area contributed by atoms with Crippen LogP contribution in [0.25, 0.3) is 0 Å². The van der Waals surface area contributed by atoms with Crippen LogP contribution in [0.4, 0.5) is 9.80 Å². The zero-order valence-electron chi connectivity index (χ0n) is 20.8. The average molecular weight is 541 g/mol. The van der Waals surface area contributed by atoms with Crippen molar-refractivity contribution >= 4 is 40.2 Å². The molecule has 0 saturated heterocycles. The molecule has 5 N–H and O–H groups in total. The molecule has 12 heteroatoms. The predicted octanol–water partition coefficient (Wildman–Crippen LogP) is 3.15. The number of ether oxygens (including phenoxy) is 2. The molecule has 0 saturated carbocycles. The number of amides is 4. The third kappa shape index (κ3) is 8.23. The first-order chi connectivity index (χ1) is 18.3. The summed E-state index contributed by atoms with van der Waals surface area (Å²) in [5.74, 6) is -1.39. The predicted molar refractivity (Wildman–Crippen MR) is 142 cm³/mol. The summed E-state index contributed by atoms with van der Waals surface area (Å²) in [6.07, 6.45) is -0.407. The highest BCUT2D eigenvalue weighted by atomic mass is 32.1. The van der Waals surface area contributed by atoms with Gasteiger partial charge >= 0.3 is 12.0 Å². The fourth-order valence-corrected chi connectivity index (χ4v) is 4.30. The third-order valence-corrected chi connectivity index (χ3v) is 6.30. The molecule has 4 amide bonds. The number of methoxy groups -OCH3 is 2. The summed E-state index contributed by atoms with van der Waals surface area (Å²) in [6, 6.07) is 16.0. The third-order valence-electron chi connectivity index (χ3n) is 5.30. The number of urea groups is 1. The molecular weight excluding hydrogens is 512 g/mol. The number of hydrogen-bond donors (Lipinski definition) is 5. The Morgan fingerprint density at radius 2 is 1.71 bits per heavy atom. The minimum absolute atomic E-state index is 0.285. The van der Waals surface area contributed by atoms with E-state index in [1.807, 2.05) is 30.3 Å². The molecule has 0 aliphatic rings. The SMILES string of the molecule is COc1ccc(OC)c(C(CC(=O)O)NC(=O)CNC(=O)c2ccc(NC(=O)NCc3ccccc3)s2)c1. The topological polar surface area (TPSA) is 155 Å². The Labute approximate surface area is 223 Å². The highest BCUT2D eigenvalue weighted by molar-refractivity contribution is 7.18. The largest absolute Gasteiger partial charge is 0.497 e. The van der Waals surface area contributed by atoms with Crippen LogP contribution in [0.5, 0.6) is 11.5 Å². The number of nitrogens with one attached hydrogen (secondary N) is 4. The Morgan fingerprint density at radius 1 is 0.947 bits per heavy atom. The van der Waals surface area contributed by atoms with Crippen molar-refractivity contribution < 1.29 is 33.8 Å². The summed E-state index contributed by atoms with van der Waals surface area (Å²) in [5.41, 5.74) is 1.37. The van der Waals surface area contributed by atoms with Crippen LogP contribution in [0, 0.1) is 0 Å². The summed E-state index contributed by atoms with van der Waals surface area (Å²) in [4.78, 5) is 49.0. The molecule has 2 aromatic carbocycles. The Hall–Kier alpha value is -4.58. The van der Waals surface area contributed by atoms with Crippen LogP contribution in [-0.4, -0.2) is 49.7 Å². The molecule has 0 radical (unpaired) electrons. The van der Waals surface area contributed by atoms with Gasteiger partial charge in [0.15, 0.2) is 0 Å². The van der Waals surface area contributed by atoms with Crippen molar-refractivity contribution in [1.82, 2.24) is 16.0 Å². The second kappa shape index (κ2) is 13.7. The maximum Gasteiger partial charge on any atom is 0.320 e. The number of rotatable bonds is 12. The minimum atomic E-state index is -1.13. The highest BCUT2D eigenvalue weighted by Crippen LogP contribution is 2.31. The van der Waals surface area contributed by atoms with E-state index in [4.69, 9.17) is 9.47 Å². The number of anilines is 1. The van der Waals surface area contributed by atoms with Gasteiger partial charge in [-0.1, -0.05) is 30.3 Å². The van der Waals surface area contributed by atoms with E-state index in [9.17, 15) is 24.3 Å². The van der Waals surface area contributed by atoms with Crippen LogP contribution < -0.4 is 30.7 Å². The molecule has 1 heterocycles. The lowest BCUT2D eigenvalue weighted by Crippen LogP contribution is -2.39. The van der Waals surface area contributed by atoms with Gasteiger partial charge in [-0.05, 0) is 35.9 Å². The molecule has 0 aliphatic carbocycles. The number of benzene rings is 2. The van der Waals surface area contributed by atoms with E-state index < -0.39 is 36.3 Å². The van der Waals surface area contributed by atoms with Gasteiger partial charge < -0.3 is 30.5 Å². The number of aliphatic carboxylic acids is 1. The van der Waals surface area contributed by atoms with Gasteiger partial charge in [-0.25, -0.2) is 4.79 Å². The van der Waals surface area contributed by atoms with Crippen LogP contribution in [0.1, 0.15) is 33.3 Å². The van der Waals surface area contributed by atoms with E-state index in [1.54, 1.807) is 24.3 Å². The smallest absolute Gasteiger partial charge is 0.320 e. The molecule has 0 bridgehead atoms. The quantitative estimate of drug-likeness (QED) is 0.236. The first kappa shape index (κ1) is 28.0. The molecule has 11 nitrogen and oxygen atoms in total. The molecule has 1 aromatic heterocycles. The summed E-state index contributed by atoms with van der Waals surface area (Å²) in [5, 5.41) is 20.3. The summed E-state index contributed by atoms with van der Waals surface area (Å²) in [6.45, 7) is -0.0372. The Bertz CT molecular complexity index is 1280. The molecule has 0 aliphatic heterocycles. The van der Waals surface area contributed by atoms with Crippen LogP contribution >= 0.6 is 11.3 Å². The second-order valence-corrected chi connectivity index (χ2v) is 9.05. The number of carbonyl (C=O) groups is 4. The molecule has 200 valence electrons. The zero-order chi connectivity index (χ0) is 27.5. The Kier molecular flexibility index (Phi) is 10.1. The normalized spacial score (nSPS) is 11.1. The van der Waals surface area contributed by atoms with Gasteiger partial charge in [0.1, 0.15) is 11.5 Å². The number of thiophene rings is 1. The number of hydrogen-bond acceptors (Lipinski definition) is 7. The second-order valence-electron chi connectivity index (χ2n) is 7.97. The average Bonchev–Trinajstić information content (AvgIpc) is 3.38. The standard InChI is InChI=1S/C26H28N4O7S/c1-36-17-8-9-20(37-2)18(12-17)19(13-24(32)33)29-22(31)15-27-25(34)21-10-11-23(38-21)30-26(35)28-14-16-6-4-3-5-7-16/h3-12,19H,13-15H2,1-2H3,(H,27,34)(H,29,31)(H,32,33)(H2,28,30,35). The summed E-state index contributed by atoms with van der Waals surface area (Å²) < 4.78 is 10.5. The number of carboxylic acid groups (broad SMARTS) is 1. The van der Waals surface area contributed by atoms with Crippen LogP contribution in [0.3, 0.4) is 0 Å². The van der Waals surface area contributed by atoms with Gasteiger partial charge in [0.05, 0.1) is 43.1 Å². The zero-order valence-corrected chi connectivity index (χ0v) is 21.6. The fourth-order valence-electron chi connectivity index (χ4n) is 3.48. The van der Waals surface area contributed by atoms with Crippen molar-refractivity contribution in [2.45, 2.75) is 19.0 Å². The molecule has 0 spiro atoms. The lowest BCUT2D eigenvalue weighted by molar-refractivity contribution is -0.137. The number of carboxylic acids is 1. The summed E-state index contributed by atoms with van der Waals surface area (Å²) in [7, 11) is 2.90. The Balaban J connectivity index is 1.54. The molecule has 1 unspecified atom stereocenters. The van der Waals surface area contributed by atoms with Gasteiger partial charge in [0.2, 0.25) is 5.91 Å². The maximum absolute atomic E-state index is 12.6. The molecule has 1 atom stereocenters. The van der Waals surface area contributed by atoms with E-state index in [2.05, 4.69) is 21.3 Å². The van der Waals surface area contributed by atoms with E-state index in [0.29, 0.717) is 28.6 Å². The van der Waals surface area contributed by atoms with Crippen molar-refractivity contribution in [3.8, 4) is 11.5 Å². The van der Waals surface area contributed by atoms with E-state index in [1.165, 1.54) is 20.3 Å². The molecule has 0 fully saturated rings. The van der Waals surface area contributed by atoms with Crippen LogP contribution in [0.15, 0.2) is 60.7 Å². The van der Waals surface area contributed by atoms with Crippen molar-refractivity contribution in [2.75, 3.05) is 26.1 Å². The van der Waals surface area contributed by atoms with Gasteiger partial charge in [-0.2, -0.15) is 0 Å². The van der Waals surface area contributed by atoms with Gasteiger partial charge in [-0.15, -0.1) is 11.3 Å². The molecule has 3 rings (SSSR count). The van der Waals surface area contributed by atoms with Crippen molar-refractivity contribution in [3.05, 3.63) is 76.7 Å². The maximum atomic E-state index is 12.6. The minimum Gasteiger partial charge on any atom is -0.497 e. The van der Waals surface area contributed by atoms with Gasteiger partial charge in [0.25, 0.3) is 5.91 Å². The van der Waals surface area contributed by atoms with Crippen molar-refractivity contribution in [2.24, 2.45) is 0 Å². The summed E-state index contributed by atoms with van der Waals surface area (Å²) >= 11 is 1.05. The first-order valence-corrected chi connectivity index (χ1v) is 12.3. The Morgan fingerprint density at radius 3 is 2.39 bits per heavy atom. The molecule has 3 aromatic rings. The molecule has 38 heavy (non-hydrogen) atoms. The number of carbonyl (C=O) groups excluding carboxylic acids is 3. The van der Waals surface area contributed by atoms with E-state index in [0.717, 1.165) is 16.9 Å². The fraction of sp³-hybridized carbons (Fsp3) is 0.231. The van der Waals surface area contributed by atoms with Crippen LogP contribution in [0.2, 0.25) is 0 Å². The monoisotopic (exact) mass is 540 g/mol. The molecular formula is C26H28N4O7S. The van der Waals surface area contributed by atoms with Crippen molar-refractivity contribution in [3.63, 3.8) is 0 Å². The van der Waals surface area contributed by atoms with Gasteiger partial charge in [-0.3, -0.25) is 19.7 Å². The van der Waals surface area contributed by atoms with E-state index >= 15 is 0 Å². The van der Waals surface area contributed by atoms with Gasteiger partial charge in [0, 0.05) is 12.1 Å². The first-order valence-electron chi connectivity index (χ1n) is 11.5.